The van der Waals surface area contributed by atoms with Crippen molar-refractivity contribution in [3.05, 3.63) is 24.8 Å². The van der Waals surface area contributed by atoms with Gasteiger partial charge < -0.3 is 29.4 Å². The van der Waals surface area contributed by atoms with Crippen LogP contribution in [0.25, 0.3) is 0 Å². The molecule has 0 aliphatic carbocycles. The Labute approximate surface area is 147 Å². The largest absolute Gasteiger partial charge is 0.490 e. The first kappa shape index (κ1) is 23.4. The first-order valence-corrected chi connectivity index (χ1v) is 11.2. The Balaban J connectivity index is 0.000000472. The fourth-order valence-electron chi connectivity index (χ4n) is 1.50. The summed E-state index contributed by atoms with van der Waals surface area (Å²) in [6, 6.07) is 1.78. The maximum absolute atomic E-state index is 11.4. The molecule has 0 saturated carbocycles. The van der Waals surface area contributed by atoms with Gasteiger partial charge in [0.25, 0.3) is 0 Å². The number of aliphatic hydroxyl groups is 1. The molecule has 1 saturated heterocycles. The number of phosphoric ester groups is 1. The second-order valence-electron chi connectivity index (χ2n) is 4.59. The Bertz CT molecular complexity index is 649. The van der Waals surface area contributed by atoms with Crippen molar-refractivity contribution in [2.45, 2.75) is 25.2 Å². The molecule has 2 rings (SSSR count). The lowest BCUT2D eigenvalue weighted by Gasteiger charge is -2.27. The van der Waals surface area contributed by atoms with E-state index in [0.717, 1.165) is 0 Å². The smallest absolute Gasteiger partial charge is 0.391 e. The summed E-state index contributed by atoms with van der Waals surface area (Å²) in [4.78, 5) is 42.0. The number of hydrogen-bond donors (Lipinski definition) is 5. The van der Waals surface area contributed by atoms with E-state index < -0.39 is 35.9 Å². The van der Waals surface area contributed by atoms with Crippen molar-refractivity contribution in [1.29, 1.82) is 0 Å². The third-order valence-electron chi connectivity index (χ3n) is 2.35. The van der Waals surface area contributed by atoms with Gasteiger partial charge in [0.2, 0.25) is 0 Å². The van der Waals surface area contributed by atoms with Crippen LogP contribution >= 0.6 is 23.5 Å². The lowest BCUT2D eigenvalue weighted by molar-refractivity contribution is -0.148. The Morgan fingerprint density at radius 1 is 0.962 bits per heavy atom. The van der Waals surface area contributed by atoms with Crippen LogP contribution in [0, 0.1) is 0 Å². The normalized spacial score (nSPS) is 25.3. The monoisotopic (exact) mass is 438 g/mol. The predicted molar refractivity (Wildman–Crippen MR) is 82.0 cm³/mol. The van der Waals surface area contributed by atoms with Gasteiger partial charge in [0.05, 0.1) is 12.7 Å². The third kappa shape index (κ3) is 11.2. The molecular weight excluding hydrogens is 421 g/mol. The predicted octanol–water partition coefficient (Wildman–Crippen LogP) is 0.304. The Morgan fingerprint density at radius 3 is 1.96 bits per heavy atom. The minimum Gasteiger partial charge on any atom is -0.391 e. The highest BCUT2D eigenvalue weighted by molar-refractivity contribution is 7.66. The summed E-state index contributed by atoms with van der Waals surface area (Å²) in [5, 5.41) is 9.10. The quantitative estimate of drug-likeness (QED) is 0.378. The molecular formula is C9H17N2O12P3. The van der Waals surface area contributed by atoms with E-state index in [2.05, 4.69) is 23.1 Å². The molecule has 0 aromatic carbocycles. The van der Waals surface area contributed by atoms with Gasteiger partial charge in [-0.05, 0) is 12.5 Å². The van der Waals surface area contributed by atoms with Crippen LogP contribution in [-0.4, -0.2) is 53.6 Å². The summed E-state index contributed by atoms with van der Waals surface area (Å²) in [5.74, 6) is 0. The van der Waals surface area contributed by atoms with Crippen LogP contribution in [0.5, 0.6) is 0 Å². The summed E-state index contributed by atoms with van der Waals surface area (Å²) < 4.78 is 49.0. The summed E-state index contributed by atoms with van der Waals surface area (Å²) in [7, 11) is -16.1. The van der Waals surface area contributed by atoms with Crippen LogP contribution < -0.4 is 0 Å². The number of rotatable bonds is 6. The molecule has 26 heavy (non-hydrogen) atoms. The zero-order chi connectivity index (χ0) is 19.8. The van der Waals surface area contributed by atoms with Crippen molar-refractivity contribution in [3.63, 3.8) is 0 Å². The molecule has 2 heterocycles. The van der Waals surface area contributed by atoms with Crippen molar-refractivity contribution in [3.8, 4) is 0 Å². The fraction of sp³-hybridized carbons (Fsp3) is 0.556. The molecule has 0 radical (unpaired) electrons. The van der Waals surface area contributed by atoms with Gasteiger partial charge in [-0.2, -0.15) is 8.62 Å². The molecule has 0 spiro atoms. The van der Waals surface area contributed by atoms with Crippen LogP contribution in [0.4, 0.5) is 0 Å². The van der Waals surface area contributed by atoms with Crippen molar-refractivity contribution in [1.82, 2.24) is 9.97 Å². The highest BCUT2D eigenvalue weighted by Gasteiger charge is 2.42. The SMILES string of the molecule is O=P(O)(O)OP(=O)(O)OP(=O)(O)OC1CC[C@H](O)CO1.c1cncnc1. The Morgan fingerprint density at radius 2 is 1.58 bits per heavy atom. The van der Waals surface area contributed by atoms with Gasteiger partial charge in [0.15, 0.2) is 6.29 Å². The molecule has 14 nitrogen and oxygen atoms in total. The second kappa shape index (κ2) is 10.1. The van der Waals surface area contributed by atoms with E-state index in [-0.39, 0.29) is 19.4 Å². The molecule has 0 amide bonds. The molecule has 5 N–H and O–H groups in total. The van der Waals surface area contributed by atoms with Crippen LogP contribution in [0.3, 0.4) is 0 Å². The van der Waals surface area contributed by atoms with Gasteiger partial charge >= 0.3 is 23.5 Å². The lowest BCUT2D eigenvalue weighted by atomic mass is 10.2. The number of phosphoric acid groups is 3. The number of nitrogens with zero attached hydrogens (tertiary/aromatic N) is 2. The summed E-state index contributed by atoms with van der Waals surface area (Å²) in [6.45, 7) is -0.180. The van der Waals surface area contributed by atoms with Gasteiger partial charge in [-0.25, -0.2) is 23.7 Å². The topological polar surface area (TPSA) is 215 Å². The van der Waals surface area contributed by atoms with E-state index in [1.165, 1.54) is 6.33 Å². The molecule has 4 atom stereocenters. The average molecular weight is 438 g/mol. The van der Waals surface area contributed by atoms with Crippen LogP contribution in [0.1, 0.15) is 12.8 Å². The van der Waals surface area contributed by atoms with Gasteiger partial charge in [-0.15, -0.1) is 0 Å². The van der Waals surface area contributed by atoms with Crippen molar-refractivity contribution < 1.29 is 56.3 Å². The average Bonchev–Trinajstić information content (AvgIpc) is 2.48. The van der Waals surface area contributed by atoms with E-state index in [9.17, 15) is 13.7 Å². The molecule has 1 aliphatic heterocycles. The van der Waals surface area contributed by atoms with Crippen molar-refractivity contribution >= 4 is 23.5 Å². The minimum absolute atomic E-state index is 0.00412. The van der Waals surface area contributed by atoms with Crippen molar-refractivity contribution in [2.24, 2.45) is 0 Å². The second-order valence-corrected chi connectivity index (χ2v) is 8.97. The molecule has 1 aromatic heterocycles. The Hall–Kier alpha value is -0.590. The minimum atomic E-state index is -5.52. The molecule has 1 aliphatic rings. The van der Waals surface area contributed by atoms with Gasteiger partial charge in [0, 0.05) is 18.8 Å². The highest BCUT2D eigenvalue weighted by Crippen LogP contribution is 2.66. The van der Waals surface area contributed by atoms with Crippen LogP contribution in [0.2, 0.25) is 0 Å². The molecule has 1 aromatic rings. The summed E-state index contributed by atoms with van der Waals surface area (Å²) in [6.07, 6.45) is 3.02. The number of aliphatic hydroxyl groups excluding tert-OH is 1. The van der Waals surface area contributed by atoms with Crippen LogP contribution in [0.15, 0.2) is 24.8 Å². The Kier molecular flexibility index (Phi) is 9.10. The van der Waals surface area contributed by atoms with Gasteiger partial charge in [-0.1, -0.05) is 0 Å². The third-order valence-corrected chi connectivity index (χ3v) is 6.18. The maximum Gasteiger partial charge on any atom is 0.490 e. The standard InChI is InChI=1S/C5H13O12P3.C4H4N2/c6-4-1-2-5(14-3-4)15-19(10,11)17-20(12,13)16-18(7,8)9;1-2-5-4-6-3-1/h4-6H,1-3H2,(H,10,11)(H,12,13)(H2,7,8,9);1-4H/t4-,5?;/m0./s1. The summed E-state index contributed by atoms with van der Waals surface area (Å²) >= 11 is 0. The van der Waals surface area contributed by atoms with E-state index in [0.29, 0.717) is 0 Å². The van der Waals surface area contributed by atoms with Gasteiger partial charge in [-0.3, -0.25) is 4.52 Å². The van der Waals surface area contributed by atoms with E-state index >= 15 is 0 Å². The first-order valence-electron chi connectivity index (χ1n) is 6.70. The molecule has 0 bridgehead atoms. The number of aromatic nitrogens is 2. The number of ether oxygens (including phenoxy) is 1. The first-order chi connectivity index (χ1) is 11.9. The van der Waals surface area contributed by atoms with E-state index in [1.54, 1.807) is 18.5 Å². The van der Waals surface area contributed by atoms with Gasteiger partial charge in [0.1, 0.15) is 6.33 Å². The maximum atomic E-state index is 11.4. The van der Waals surface area contributed by atoms with Crippen molar-refractivity contribution in [2.75, 3.05) is 6.61 Å². The highest BCUT2D eigenvalue weighted by atomic mass is 31.3. The molecule has 1 fully saturated rings. The number of hydrogen-bond acceptors (Lipinski definition) is 10. The van der Waals surface area contributed by atoms with E-state index in [4.69, 9.17) is 29.4 Å². The molecule has 3 unspecified atom stereocenters. The zero-order valence-corrected chi connectivity index (χ0v) is 15.6. The van der Waals surface area contributed by atoms with E-state index in [1.807, 2.05) is 0 Å². The van der Waals surface area contributed by atoms with Crippen LogP contribution in [-0.2, 0) is 31.6 Å². The molecule has 17 heteroatoms. The zero-order valence-electron chi connectivity index (χ0n) is 12.9. The fourth-order valence-corrected chi connectivity index (χ4v) is 4.62. The molecule has 150 valence electrons. The lowest BCUT2D eigenvalue weighted by Crippen LogP contribution is -2.30. The summed E-state index contributed by atoms with van der Waals surface area (Å²) in [5.41, 5.74) is 0.